The molecule has 2 heterocycles. The van der Waals surface area contributed by atoms with Gasteiger partial charge in [0.25, 0.3) is 0 Å². The molecular formula is C19H21NO3. The number of methoxy groups -OCH3 is 2. The molecule has 2 aliphatic heterocycles. The zero-order valence-electron chi connectivity index (χ0n) is 13.5. The minimum Gasteiger partial charge on any atom is -0.497 e. The zero-order chi connectivity index (χ0) is 16.4. The van der Waals surface area contributed by atoms with Gasteiger partial charge in [0.1, 0.15) is 11.3 Å². The standard InChI is InChI=1S/C19H21NO3/c1-4-5-16(23-3)13-19-17-12-15(22-2)7-6-14(17)8-10-20(19)11-9-18(19)21/h4,6-12,16H,1,5,13H2,2-3H3/t16-,19+/m0/s1. The zero-order valence-corrected chi connectivity index (χ0v) is 13.5. The lowest BCUT2D eigenvalue weighted by molar-refractivity contribution is -0.124. The molecule has 0 saturated heterocycles. The van der Waals surface area contributed by atoms with E-state index in [1.165, 1.54) is 0 Å². The Kier molecular flexibility index (Phi) is 4.09. The molecule has 2 aliphatic rings. The predicted molar refractivity (Wildman–Crippen MR) is 89.9 cm³/mol. The van der Waals surface area contributed by atoms with Gasteiger partial charge in [-0.1, -0.05) is 12.1 Å². The molecule has 3 rings (SSSR count). The van der Waals surface area contributed by atoms with Crippen LogP contribution in [0.4, 0.5) is 0 Å². The lowest BCUT2D eigenvalue weighted by Crippen LogP contribution is -2.47. The van der Waals surface area contributed by atoms with E-state index in [0.29, 0.717) is 12.8 Å². The average Bonchev–Trinajstić information content (AvgIpc) is 2.91. The van der Waals surface area contributed by atoms with Crippen LogP contribution in [0.2, 0.25) is 0 Å². The summed E-state index contributed by atoms with van der Waals surface area (Å²) >= 11 is 0. The number of hydrogen-bond donors (Lipinski definition) is 0. The maximum Gasteiger partial charge on any atom is 0.187 e. The van der Waals surface area contributed by atoms with Crippen molar-refractivity contribution in [3.63, 3.8) is 0 Å². The van der Waals surface area contributed by atoms with Gasteiger partial charge in [0, 0.05) is 32.0 Å². The molecule has 23 heavy (non-hydrogen) atoms. The van der Waals surface area contributed by atoms with Gasteiger partial charge < -0.3 is 14.4 Å². The molecule has 2 atom stereocenters. The van der Waals surface area contributed by atoms with Crippen molar-refractivity contribution >= 4 is 11.9 Å². The molecule has 1 aromatic rings. The molecule has 0 bridgehead atoms. The summed E-state index contributed by atoms with van der Waals surface area (Å²) in [5.41, 5.74) is 1.23. The average molecular weight is 311 g/mol. The Morgan fingerprint density at radius 2 is 2.09 bits per heavy atom. The summed E-state index contributed by atoms with van der Waals surface area (Å²) in [7, 11) is 3.31. The molecule has 120 valence electrons. The number of ketones is 1. The van der Waals surface area contributed by atoms with Crippen LogP contribution in [0.1, 0.15) is 24.0 Å². The van der Waals surface area contributed by atoms with Crippen molar-refractivity contribution in [1.82, 2.24) is 4.90 Å². The highest BCUT2D eigenvalue weighted by Crippen LogP contribution is 2.45. The van der Waals surface area contributed by atoms with Crippen molar-refractivity contribution in [2.75, 3.05) is 14.2 Å². The van der Waals surface area contributed by atoms with Gasteiger partial charge in [0.05, 0.1) is 13.2 Å². The summed E-state index contributed by atoms with van der Waals surface area (Å²) in [4.78, 5) is 14.8. The molecule has 0 radical (unpaired) electrons. The number of nitrogens with zero attached hydrogens (tertiary/aromatic N) is 1. The first-order chi connectivity index (χ1) is 11.2. The van der Waals surface area contributed by atoms with Gasteiger partial charge >= 0.3 is 0 Å². The predicted octanol–water partition coefficient (Wildman–Crippen LogP) is 3.25. The highest BCUT2D eigenvalue weighted by molar-refractivity contribution is 6.02. The largest absolute Gasteiger partial charge is 0.497 e. The van der Waals surface area contributed by atoms with Gasteiger partial charge in [-0.05, 0) is 35.8 Å². The summed E-state index contributed by atoms with van der Waals surface area (Å²) in [5, 5.41) is 0. The molecule has 0 unspecified atom stereocenters. The third-order valence-electron chi connectivity index (χ3n) is 4.64. The lowest BCUT2D eigenvalue weighted by Gasteiger charge is -2.41. The van der Waals surface area contributed by atoms with E-state index in [2.05, 4.69) is 6.58 Å². The van der Waals surface area contributed by atoms with E-state index in [1.807, 2.05) is 47.7 Å². The monoisotopic (exact) mass is 311 g/mol. The molecule has 1 aromatic carbocycles. The highest BCUT2D eigenvalue weighted by atomic mass is 16.5. The van der Waals surface area contributed by atoms with Crippen LogP contribution >= 0.6 is 0 Å². The van der Waals surface area contributed by atoms with Crippen molar-refractivity contribution in [3.05, 3.63) is 60.5 Å². The molecule has 0 fully saturated rings. The van der Waals surface area contributed by atoms with Crippen LogP contribution in [0.25, 0.3) is 6.08 Å². The number of benzene rings is 1. The second-order valence-electron chi connectivity index (χ2n) is 5.80. The number of hydrogen-bond acceptors (Lipinski definition) is 4. The normalized spacial score (nSPS) is 22.7. The summed E-state index contributed by atoms with van der Waals surface area (Å²) < 4.78 is 10.9. The number of rotatable bonds is 6. The highest BCUT2D eigenvalue weighted by Gasteiger charge is 2.49. The first-order valence-electron chi connectivity index (χ1n) is 7.67. The Balaban J connectivity index is 2.12. The number of fused-ring (bicyclic) bond motifs is 3. The molecule has 0 saturated carbocycles. The molecule has 0 spiro atoms. The van der Waals surface area contributed by atoms with Crippen LogP contribution in [0, 0.1) is 0 Å². The Labute approximate surface area is 136 Å². The number of carbonyl (C=O) groups excluding carboxylic acids is 1. The van der Waals surface area contributed by atoms with Crippen molar-refractivity contribution in [3.8, 4) is 5.75 Å². The third kappa shape index (κ3) is 2.39. The first kappa shape index (κ1) is 15.6. The maximum atomic E-state index is 12.9. The number of carbonyl (C=O) groups is 1. The van der Waals surface area contributed by atoms with Crippen molar-refractivity contribution in [2.45, 2.75) is 24.5 Å². The van der Waals surface area contributed by atoms with E-state index in [1.54, 1.807) is 20.3 Å². The van der Waals surface area contributed by atoms with Crippen molar-refractivity contribution < 1.29 is 14.3 Å². The van der Waals surface area contributed by atoms with Crippen LogP contribution in [0.3, 0.4) is 0 Å². The Bertz CT molecular complexity index is 692. The van der Waals surface area contributed by atoms with Crippen LogP contribution < -0.4 is 4.74 Å². The van der Waals surface area contributed by atoms with Gasteiger partial charge in [-0.15, -0.1) is 6.58 Å². The summed E-state index contributed by atoms with van der Waals surface area (Å²) in [6.07, 6.45) is 10.5. The Morgan fingerprint density at radius 1 is 1.30 bits per heavy atom. The van der Waals surface area contributed by atoms with Crippen molar-refractivity contribution in [1.29, 1.82) is 0 Å². The molecular weight excluding hydrogens is 290 g/mol. The minimum atomic E-state index is -0.762. The second kappa shape index (κ2) is 6.05. The van der Waals surface area contributed by atoms with E-state index >= 15 is 0 Å². The van der Waals surface area contributed by atoms with Gasteiger partial charge in [-0.25, -0.2) is 0 Å². The lowest BCUT2D eigenvalue weighted by atomic mass is 9.76. The Hall–Kier alpha value is -2.33. The summed E-state index contributed by atoms with van der Waals surface area (Å²) in [5.74, 6) is 0.818. The second-order valence-corrected chi connectivity index (χ2v) is 5.80. The first-order valence-corrected chi connectivity index (χ1v) is 7.67. The molecule has 0 aliphatic carbocycles. The molecule has 0 aromatic heterocycles. The van der Waals surface area contributed by atoms with Gasteiger partial charge in [-0.3, -0.25) is 4.79 Å². The van der Waals surface area contributed by atoms with Gasteiger partial charge in [0.15, 0.2) is 5.78 Å². The molecule has 0 amide bonds. The minimum absolute atomic E-state index is 0.0717. The van der Waals surface area contributed by atoms with Crippen LogP contribution in [0.5, 0.6) is 5.75 Å². The fourth-order valence-electron chi connectivity index (χ4n) is 3.41. The van der Waals surface area contributed by atoms with Gasteiger partial charge in [0.2, 0.25) is 0 Å². The quantitative estimate of drug-likeness (QED) is 0.756. The molecule has 4 heteroatoms. The summed E-state index contributed by atoms with van der Waals surface area (Å²) in [6.45, 7) is 3.79. The molecule has 0 N–H and O–H groups in total. The van der Waals surface area contributed by atoms with E-state index in [4.69, 9.17) is 9.47 Å². The smallest absolute Gasteiger partial charge is 0.187 e. The fraction of sp³-hybridized carbons (Fsp3) is 0.316. The Morgan fingerprint density at radius 3 is 2.78 bits per heavy atom. The van der Waals surface area contributed by atoms with E-state index in [9.17, 15) is 4.79 Å². The maximum absolute atomic E-state index is 12.9. The van der Waals surface area contributed by atoms with Crippen LogP contribution in [0.15, 0.2) is 49.3 Å². The van der Waals surface area contributed by atoms with E-state index < -0.39 is 5.54 Å². The van der Waals surface area contributed by atoms with E-state index in [0.717, 1.165) is 16.9 Å². The fourth-order valence-corrected chi connectivity index (χ4v) is 3.41. The topological polar surface area (TPSA) is 38.8 Å². The van der Waals surface area contributed by atoms with E-state index in [-0.39, 0.29) is 11.9 Å². The van der Waals surface area contributed by atoms with Crippen molar-refractivity contribution in [2.24, 2.45) is 0 Å². The SMILES string of the molecule is C=CC[C@@H](C[C@@]12C(=O)C=CN1C=Cc1ccc(OC)cc12)OC. The van der Waals surface area contributed by atoms with Gasteiger partial charge in [-0.2, -0.15) is 0 Å². The third-order valence-corrected chi connectivity index (χ3v) is 4.64. The summed E-state index contributed by atoms with van der Waals surface area (Å²) in [6, 6.07) is 5.86. The molecule has 4 nitrogen and oxygen atoms in total. The van der Waals surface area contributed by atoms with Crippen LogP contribution in [-0.4, -0.2) is 31.0 Å². The van der Waals surface area contributed by atoms with Crippen LogP contribution in [-0.2, 0) is 15.1 Å². The number of ether oxygens (including phenoxy) is 2.